The lowest BCUT2D eigenvalue weighted by Crippen LogP contribution is -2.30. The van der Waals surface area contributed by atoms with E-state index in [4.69, 9.17) is 4.74 Å². The monoisotopic (exact) mass is 325 g/mol. The second-order valence-electron chi connectivity index (χ2n) is 5.80. The van der Waals surface area contributed by atoms with Crippen LogP contribution in [0, 0.1) is 6.92 Å². The largest absolute Gasteiger partial charge is 0.469 e. The quantitative estimate of drug-likeness (QED) is 0.794. The van der Waals surface area contributed by atoms with Gasteiger partial charge in [0.25, 0.3) is 0 Å². The molecule has 0 saturated heterocycles. The van der Waals surface area contributed by atoms with Crippen molar-refractivity contribution >= 4 is 11.9 Å². The second-order valence-corrected chi connectivity index (χ2v) is 5.80. The molecule has 1 N–H and O–H groups in total. The smallest absolute Gasteiger partial charge is 0.307 e. The Morgan fingerprint density at radius 3 is 2.33 bits per heavy atom. The maximum absolute atomic E-state index is 12.3. The highest BCUT2D eigenvalue weighted by molar-refractivity contribution is 5.78. The zero-order chi connectivity index (χ0) is 17.4. The Bertz CT molecular complexity index is 665. The van der Waals surface area contributed by atoms with Crippen LogP contribution in [0.4, 0.5) is 0 Å². The standard InChI is InChI=1S/C20H23NO3/c1-15-8-10-16(11-9-15)12-13-19(22)21-18(14-20(23)24-2)17-6-4-3-5-7-17/h3-11,18H,12-14H2,1-2H3,(H,21,22). The second kappa shape index (κ2) is 8.87. The van der Waals surface area contributed by atoms with Gasteiger partial charge in [-0.2, -0.15) is 0 Å². The van der Waals surface area contributed by atoms with Crippen LogP contribution in [0.1, 0.15) is 35.6 Å². The third-order valence-electron chi connectivity index (χ3n) is 3.90. The summed E-state index contributed by atoms with van der Waals surface area (Å²) in [5.74, 6) is -0.420. The number of carbonyl (C=O) groups is 2. The molecule has 0 aliphatic carbocycles. The molecule has 0 saturated carbocycles. The predicted octanol–water partition coefficient (Wildman–Crippen LogP) is 3.35. The van der Waals surface area contributed by atoms with Crippen LogP contribution in [0.3, 0.4) is 0 Å². The Balaban J connectivity index is 1.96. The van der Waals surface area contributed by atoms with E-state index in [-0.39, 0.29) is 24.3 Å². The molecule has 1 unspecified atom stereocenters. The maximum Gasteiger partial charge on any atom is 0.307 e. The number of aryl methyl sites for hydroxylation is 2. The van der Waals surface area contributed by atoms with Crippen LogP contribution in [0.5, 0.6) is 0 Å². The molecule has 0 fully saturated rings. The first-order valence-electron chi connectivity index (χ1n) is 8.05. The van der Waals surface area contributed by atoms with Crippen molar-refractivity contribution in [1.82, 2.24) is 5.32 Å². The molecule has 0 aliphatic heterocycles. The van der Waals surface area contributed by atoms with Crippen LogP contribution in [-0.2, 0) is 20.7 Å². The minimum absolute atomic E-state index is 0.0756. The summed E-state index contributed by atoms with van der Waals surface area (Å²) in [6.45, 7) is 2.04. The molecular formula is C20H23NO3. The average molecular weight is 325 g/mol. The Labute approximate surface area is 142 Å². The van der Waals surface area contributed by atoms with Gasteiger partial charge < -0.3 is 10.1 Å². The molecule has 2 aromatic carbocycles. The molecule has 2 rings (SSSR count). The maximum atomic E-state index is 12.3. The van der Waals surface area contributed by atoms with E-state index >= 15 is 0 Å². The zero-order valence-corrected chi connectivity index (χ0v) is 14.1. The summed E-state index contributed by atoms with van der Waals surface area (Å²) in [6.07, 6.45) is 1.18. The summed E-state index contributed by atoms with van der Waals surface area (Å²) in [7, 11) is 1.35. The molecular weight excluding hydrogens is 302 g/mol. The van der Waals surface area contributed by atoms with Gasteiger partial charge in [-0.1, -0.05) is 60.2 Å². The first-order valence-corrected chi connectivity index (χ1v) is 8.05. The molecule has 4 nitrogen and oxygen atoms in total. The molecule has 0 aliphatic rings. The molecule has 0 bridgehead atoms. The van der Waals surface area contributed by atoms with E-state index in [0.717, 1.165) is 11.1 Å². The highest BCUT2D eigenvalue weighted by Gasteiger charge is 2.18. The van der Waals surface area contributed by atoms with Crippen molar-refractivity contribution in [2.45, 2.75) is 32.2 Å². The highest BCUT2D eigenvalue weighted by Crippen LogP contribution is 2.17. The van der Waals surface area contributed by atoms with Gasteiger partial charge in [-0.15, -0.1) is 0 Å². The number of methoxy groups -OCH3 is 1. The van der Waals surface area contributed by atoms with Crippen molar-refractivity contribution < 1.29 is 14.3 Å². The number of amides is 1. The van der Waals surface area contributed by atoms with E-state index in [1.165, 1.54) is 12.7 Å². The normalized spacial score (nSPS) is 11.6. The molecule has 0 spiro atoms. The summed E-state index contributed by atoms with van der Waals surface area (Å²) in [4.78, 5) is 23.9. The van der Waals surface area contributed by atoms with Crippen molar-refractivity contribution in [3.63, 3.8) is 0 Å². The van der Waals surface area contributed by atoms with Gasteiger partial charge in [0.15, 0.2) is 0 Å². The van der Waals surface area contributed by atoms with Gasteiger partial charge in [-0.05, 0) is 24.5 Å². The fraction of sp³-hybridized carbons (Fsp3) is 0.300. The fourth-order valence-electron chi connectivity index (χ4n) is 2.47. The van der Waals surface area contributed by atoms with E-state index in [1.807, 2.05) is 61.5 Å². The van der Waals surface area contributed by atoms with Crippen LogP contribution in [-0.4, -0.2) is 19.0 Å². The van der Waals surface area contributed by atoms with Crippen molar-refractivity contribution in [1.29, 1.82) is 0 Å². The predicted molar refractivity (Wildman–Crippen MR) is 93.5 cm³/mol. The number of hydrogen-bond donors (Lipinski definition) is 1. The van der Waals surface area contributed by atoms with Gasteiger partial charge in [0, 0.05) is 6.42 Å². The van der Waals surface area contributed by atoms with Crippen LogP contribution in [0.2, 0.25) is 0 Å². The summed E-state index contributed by atoms with van der Waals surface area (Å²) < 4.78 is 4.73. The van der Waals surface area contributed by atoms with Gasteiger partial charge in [-0.3, -0.25) is 9.59 Å². The van der Waals surface area contributed by atoms with Crippen LogP contribution < -0.4 is 5.32 Å². The Morgan fingerprint density at radius 2 is 1.71 bits per heavy atom. The molecule has 0 heterocycles. The Kier molecular flexibility index (Phi) is 6.55. The molecule has 2 aromatic rings. The first kappa shape index (κ1) is 17.7. The van der Waals surface area contributed by atoms with Crippen molar-refractivity contribution in [2.75, 3.05) is 7.11 Å². The lowest BCUT2D eigenvalue weighted by molar-refractivity contribution is -0.141. The number of benzene rings is 2. The third kappa shape index (κ3) is 5.54. The van der Waals surface area contributed by atoms with Crippen molar-refractivity contribution in [3.8, 4) is 0 Å². The van der Waals surface area contributed by atoms with E-state index in [2.05, 4.69) is 5.32 Å². The van der Waals surface area contributed by atoms with Gasteiger partial charge in [-0.25, -0.2) is 0 Å². The van der Waals surface area contributed by atoms with Crippen LogP contribution >= 0.6 is 0 Å². The summed E-state index contributed by atoms with van der Waals surface area (Å²) in [5.41, 5.74) is 3.22. The van der Waals surface area contributed by atoms with E-state index in [0.29, 0.717) is 12.8 Å². The van der Waals surface area contributed by atoms with Crippen LogP contribution in [0.25, 0.3) is 0 Å². The zero-order valence-electron chi connectivity index (χ0n) is 14.1. The minimum Gasteiger partial charge on any atom is -0.469 e. The van der Waals surface area contributed by atoms with Gasteiger partial charge in [0.2, 0.25) is 5.91 Å². The van der Waals surface area contributed by atoms with E-state index in [9.17, 15) is 9.59 Å². The Morgan fingerprint density at radius 1 is 1.04 bits per heavy atom. The van der Waals surface area contributed by atoms with Crippen molar-refractivity contribution in [3.05, 3.63) is 71.3 Å². The minimum atomic E-state index is -0.371. The molecule has 0 radical (unpaired) electrons. The number of hydrogen-bond acceptors (Lipinski definition) is 3. The molecule has 4 heteroatoms. The molecule has 0 aromatic heterocycles. The molecule has 1 atom stereocenters. The Hall–Kier alpha value is -2.62. The van der Waals surface area contributed by atoms with Crippen molar-refractivity contribution in [2.24, 2.45) is 0 Å². The highest BCUT2D eigenvalue weighted by atomic mass is 16.5. The number of nitrogens with one attached hydrogen (secondary N) is 1. The van der Waals surface area contributed by atoms with E-state index in [1.54, 1.807) is 0 Å². The summed E-state index contributed by atoms with van der Waals surface area (Å²) in [5, 5.41) is 2.94. The lowest BCUT2D eigenvalue weighted by atomic mass is 10.0. The number of carbonyl (C=O) groups excluding carboxylic acids is 2. The topological polar surface area (TPSA) is 55.4 Å². The summed E-state index contributed by atoms with van der Waals surface area (Å²) >= 11 is 0. The van der Waals surface area contributed by atoms with Crippen LogP contribution in [0.15, 0.2) is 54.6 Å². The summed E-state index contributed by atoms with van der Waals surface area (Å²) in [6, 6.07) is 17.2. The number of rotatable bonds is 7. The van der Waals surface area contributed by atoms with Gasteiger partial charge >= 0.3 is 5.97 Å². The van der Waals surface area contributed by atoms with Gasteiger partial charge in [0.05, 0.1) is 19.6 Å². The van der Waals surface area contributed by atoms with E-state index < -0.39 is 0 Å². The fourth-order valence-corrected chi connectivity index (χ4v) is 2.47. The third-order valence-corrected chi connectivity index (χ3v) is 3.90. The SMILES string of the molecule is COC(=O)CC(NC(=O)CCc1ccc(C)cc1)c1ccccc1. The molecule has 1 amide bonds. The molecule has 24 heavy (non-hydrogen) atoms. The number of esters is 1. The average Bonchev–Trinajstić information content (AvgIpc) is 2.61. The van der Waals surface area contributed by atoms with Gasteiger partial charge in [0.1, 0.15) is 0 Å². The lowest BCUT2D eigenvalue weighted by Gasteiger charge is -2.18. The molecule has 126 valence electrons. The number of ether oxygens (including phenoxy) is 1. The first-order chi connectivity index (χ1) is 11.6.